The minimum atomic E-state index is -0.547. The first-order valence-electron chi connectivity index (χ1n) is 20.3. The maximum absolute atomic E-state index is 7.04. The number of anilines is 3. The zero-order valence-corrected chi connectivity index (χ0v) is 32.4. The smallest absolute Gasteiger partial charge is 0.143 e. The average molecular weight is 756 g/mol. The molecule has 2 aromatic heterocycles. The molecule has 12 rings (SSSR count). The second kappa shape index (κ2) is 13.0. The van der Waals surface area contributed by atoms with Crippen LogP contribution in [0.4, 0.5) is 17.1 Å². The molecule has 59 heavy (non-hydrogen) atoms. The highest BCUT2D eigenvalue weighted by Crippen LogP contribution is 2.57. The Labute approximate surface area is 342 Å². The molecule has 9 aromatic carbocycles. The molecule has 0 unspecified atom stereocenters. The van der Waals surface area contributed by atoms with Crippen LogP contribution in [0.25, 0.3) is 77.3 Å². The number of furan rings is 2. The summed E-state index contributed by atoms with van der Waals surface area (Å²) in [5.74, 6) is 0. The summed E-state index contributed by atoms with van der Waals surface area (Å²) in [5.41, 5.74) is 16.9. The van der Waals surface area contributed by atoms with E-state index in [2.05, 4.69) is 206 Å². The topological polar surface area (TPSA) is 29.5 Å². The molecule has 278 valence electrons. The van der Waals surface area contributed by atoms with Gasteiger partial charge in [0.1, 0.15) is 22.3 Å². The Kier molecular flexibility index (Phi) is 7.36. The molecule has 11 aromatic rings. The molecular weight excluding hydrogens is 719 g/mol. The lowest BCUT2D eigenvalue weighted by molar-refractivity contribution is 0.638. The van der Waals surface area contributed by atoms with E-state index >= 15 is 0 Å². The minimum Gasteiger partial charge on any atom is -0.456 e. The van der Waals surface area contributed by atoms with Gasteiger partial charge in [0, 0.05) is 49.5 Å². The Morgan fingerprint density at radius 1 is 0.356 bits per heavy atom. The molecule has 0 N–H and O–H groups in total. The monoisotopic (exact) mass is 755 g/mol. The predicted octanol–water partition coefficient (Wildman–Crippen LogP) is 15.6. The van der Waals surface area contributed by atoms with Crippen LogP contribution in [0.2, 0.25) is 0 Å². The number of rotatable bonds is 6. The van der Waals surface area contributed by atoms with Crippen LogP contribution < -0.4 is 4.90 Å². The van der Waals surface area contributed by atoms with Crippen molar-refractivity contribution >= 4 is 60.9 Å². The summed E-state index contributed by atoms with van der Waals surface area (Å²) in [6.45, 7) is 2.39. The van der Waals surface area contributed by atoms with Crippen molar-refractivity contribution in [2.45, 2.75) is 12.3 Å². The van der Waals surface area contributed by atoms with Crippen molar-refractivity contribution in [2.24, 2.45) is 0 Å². The van der Waals surface area contributed by atoms with Gasteiger partial charge in [-0.25, -0.2) is 0 Å². The maximum Gasteiger partial charge on any atom is 0.143 e. The van der Waals surface area contributed by atoms with Gasteiger partial charge in [0.05, 0.1) is 5.69 Å². The summed E-state index contributed by atoms with van der Waals surface area (Å²) in [6.07, 6.45) is 0. The van der Waals surface area contributed by atoms with Gasteiger partial charge in [0.25, 0.3) is 0 Å². The van der Waals surface area contributed by atoms with Crippen molar-refractivity contribution in [3.8, 4) is 33.4 Å². The molecule has 0 amide bonds. The van der Waals surface area contributed by atoms with E-state index in [0.717, 1.165) is 77.6 Å². The summed E-state index contributed by atoms with van der Waals surface area (Å²) in [7, 11) is 0. The van der Waals surface area contributed by atoms with E-state index in [4.69, 9.17) is 8.83 Å². The summed E-state index contributed by atoms with van der Waals surface area (Å²) in [4.78, 5) is 2.41. The summed E-state index contributed by atoms with van der Waals surface area (Å²) in [5, 5.41) is 4.47. The number of para-hydroxylation sites is 3. The Bertz CT molecular complexity index is 3340. The SMILES string of the molecule is CC1(c2c(N(c3ccc(-c4ccccc4)cc3)c3ccc(-c4cccc5c4oc4ccccc45)cc3)ccc3c2oc2ccccc23)c2ccccc2-c2ccccc21. The summed E-state index contributed by atoms with van der Waals surface area (Å²) >= 11 is 0. The second-order valence-electron chi connectivity index (χ2n) is 15.7. The van der Waals surface area contributed by atoms with Crippen LogP contribution in [0.15, 0.2) is 215 Å². The van der Waals surface area contributed by atoms with Crippen molar-refractivity contribution in [3.63, 3.8) is 0 Å². The van der Waals surface area contributed by atoms with Crippen LogP contribution >= 0.6 is 0 Å². The molecule has 2 heterocycles. The first-order chi connectivity index (χ1) is 29.1. The van der Waals surface area contributed by atoms with Crippen LogP contribution in [-0.2, 0) is 5.41 Å². The molecule has 0 bridgehead atoms. The predicted molar refractivity (Wildman–Crippen MR) is 244 cm³/mol. The van der Waals surface area contributed by atoms with Crippen molar-refractivity contribution in [1.29, 1.82) is 0 Å². The molecule has 0 spiro atoms. The molecule has 1 aliphatic carbocycles. The second-order valence-corrected chi connectivity index (χ2v) is 15.7. The molecule has 0 aliphatic heterocycles. The third-order valence-corrected chi connectivity index (χ3v) is 12.6. The highest BCUT2D eigenvalue weighted by Gasteiger charge is 2.45. The van der Waals surface area contributed by atoms with Gasteiger partial charge in [-0.3, -0.25) is 0 Å². The van der Waals surface area contributed by atoms with Gasteiger partial charge in [-0.05, 0) is 94.4 Å². The number of benzene rings is 9. The largest absolute Gasteiger partial charge is 0.456 e. The van der Waals surface area contributed by atoms with Crippen LogP contribution in [0.5, 0.6) is 0 Å². The van der Waals surface area contributed by atoms with Gasteiger partial charge >= 0.3 is 0 Å². The molecule has 0 fully saturated rings. The maximum atomic E-state index is 7.04. The number of nitrogens with zero attached hydrogens (tertiary/aromatic N) is 1. The third kappa shape index (κ3) is 5.01. The molecule has 0 saturated heterocycles. The first kappa shape index (κ1) is 33.5. The van der Waals surface area contributed by atoms with Crippen molar-refractivity contribution in [3.05, 3.63) is 223 Å². The Hall–Kier alpha value is -7.62. The van der Waals surface area contributed by atoms with Gasteiger partial charge < -0.3 is 13.7 Å². The summed E-state index contributed by atoms with van der Waals surface area (Å²) in [6, 6.07) is 73.9. The van der Waals surface area contributed by atoms with Crippen LogP contribution in [0.1, 0.15) is 23.6 Å². The number of fused-ring (bicyclic) bond motifs is 9. The normalized spacial score (nSPS) is 13.0. The van der Waals surface area contributed by atoms with Gasteiger partial charge in [-0.15, -0.1) is 0 Å². The lowest BCUT2D eigenvalue weighted by Gasteiger charge is -2.35. The van der Waals surface area contributed by atoms with Gasteiger partial charge in [-0.1, -0.05) is 158 Å². The van der Waals surface area contributed by atoms with E-state index in [9.17, 15) is 0 Å². The van der Waals surface area contributed by atoms with E-state index in [1.54, 1.807) is 0 Å². The molecule has 1 aliphatic rings. The van der Waals surface area contributed by atoms with Crippen molar-refractivity contribution in [1.82, 2.24) is 0 Å². The van der Waals surface area contributed by atoms with Gasteiger partial charge in [-0.2, -0.15) is 0 Å². The highest BCUT2D eigenvalue weighted by atomic mass is 16.3. The summed E-state index contributed by atoms with van der Waals surface area (Å²) < 4.78 is 13.5. The fraction of sp³-hybridized carbons (Fsp3) is 0.0357. The lowest BCUT2D eigenvalue weighted by atomic mass is 9.72. The molecule has 0 saturated carbocycles. The quantitative estimate of drug-likeness (QED) is 0.169. The number of hydrogen-bond acceptors (Lipinski definition) is 3. The van der Waals surface area contributed by atoms with E-state index in [1.165, 1.54) is 33.4 Å². The Balaban J connectivity index is 1.11. The Morgan fingerprint density at radius 2 is 0.831 bits per heavy atom. The fourth-order valence-electron chi connectivity index (χ4n) is 9.80. The molecular formula is C56H37NO2. The molecule has 0 atom stereocenters. The van der Waals surface area contributed by atoms with Crippen LogP contribution in [-0.4, -0.2) is 0 Å². The minimum absolute atomic E-state index is 0.547. The zero-order chi connectivity index (χ0) is 39.1. The fourth-order valence-corrected chi connectivity index (χ4v) is 9.80. The zero-order valence-electron chi connectivity index (χ0n) is 32.4. The molecule has 3 heteroatoms. The van der Waals surface area contributed by atoms with Crippen molar-refractivity contribution in [2.75, 3.05) is 4.90 Å². The van der Waals surface area contributed by atoms with E-state index in [-0.39, 0.29) is 0 Å². The Morgan fingerprint density at radius 3 is 1.47 bits per heavy atom. The number of hydrogen-bond donors (Lipinski definition) is 0. The lowest BCUT2D eigenvalue weighted by Crippen LogP contribution is -2.26. The van der Waals surface area contributed by atoms with Crippen LogP contribution in [0, 0.1) is 0 Å². The van der Waals surface area contributed by atoms with Crippen LogP contribution in [0.3, 0.4) is 0 Å². The first-order valence-corrected chi connectivity index (χ1v) is 20.3. The van der Waals surface area contributed by atoms with E-state index < -0.39 is 5.41 Å². The van der Waals surface area contributed by atoms with Crippen molar-refractivity contribution < 1.29 is 8.83 Å². The molecule has 0 radical (unpaired) electrons. The van der Waals surface area contributed by atoms with E-state index in [0.29, 0.717) is 0 Å². The highest BCUT2D eigenvalue weighted by molar-refractivity contribution is 6.11. The third-order valence-electron chi connectivity index (χ3n) is 12.6. The standard InChI is InChI=1S/C56H37NO2/c1-56(48-22-9-5-16-42(48)43-17-6-10-23-49(43)56)53-50(35-34-47-45-19-8-12-25-52(45)59-55(47)53)57(39-30-26-37(27-31-39)36-14-3-2-4-15-36)40-32-28-38(29-33-40)41-20-13-21-46-44-18-7-11-24-51(44)58-54(41)46/h2-35H,1H3. The van der Waals surface area contributed by atoms with E-state index in [1.807, 2.05) is 12.1 Å². The average Bonchev–Trinajstić information content (AvgIpc) is 3.96. The van der Waals surface area contributed by atoms with Gasteiger partial charge in [0.2, 0.25) is 0 Å². The van der Waals surface area contributed by atoms with Gasteiger partial charge in [0.15, 0.2) is 0 Å². The molecule has 3 nitrogen and oxygen atoms in total.